The van der Waals surface area contributed by atoms with Crippen molar-refractivity contribution in [3.8, 4) is 5.75 Å². The quantitative estimate of drug-likeness (QED) is 0.847. The molecule has 114 valence electrons. The van der Waals surface area contributed by atoms with E-state index in [0.29, 0.717) is 5.82 Å². The predicted octanol–water partition coefficient (Wildman–Crippen LogP) is 3.56. The summed E-state index contributed by atoms with van der Waals surface area (Å²) in [7, 11) is -2.53. The second-order valence-electron chi connectivity index (χ2n) is 4.63. The molecule has 0 atom stereocenters. The Balaban J connectivity index is 2.71. The van der Waals surface area contributed by atoms with Crippen molar-refractivity contribution in [2.45, 2.75) is 24.7 Å². The van der Waals surface area contributed by atoms with E-state index < -0.39 is 10.0 Å². The van der Waals surface area contributed by atoms with E-state index in [4.69, 9.17) is 27.9 Å². The van der Waals surface area contributed by atoms with Crippen molar-refractivity contribution in [2.75, 3.05) is 7.11 Å². The van der Waals surface area contributed by atoms with Gasteiger partial charge in [0.25, 0.3) is 10.0 Å². The number of hydrogen-bond acceptors (Lipinski definition) is 4. The SMILES string of the molecule is COc1c(S(=O)(=O)n2ccnc2C(C)C)ccc(Cl)c1Cl. The summed E-state index contributed by atoms with van der Waals surface area (Å²) in [5.41, 5.74) is 0. The predicted molar refractivity (Wildman–Crippen MR) is 81.9 cm³/mol. The van der Waals surface area contributed by atoms with Crippen molar-refractivity contribution in [1.29, 1.82) is 0 Å². The zero-order chi connectivity index (χ0) is 15.8. The Morgan fingerprint density at radius 3 is 2.52 bits per heavy atom. The fraction of sp³-hybridized carbons (Fsp3) is 0.308. The van der Waals surface area contributed by atoms with Gasteiger partial charge in [0.2, 0.25) is 0 Å². The maximum atomic E-state index is 12.8. The molecule has 2 aromatic rings. The van der Waals surface area contributed by atoms with Crippen LogP contribution in [0.5, 0.6) is 5.75 Å². The number of nitrogens with zero attached hydrogens (tertiary/aromatic N) is 2. The molecule has 2 rings (SSSR count). The first kappa shape index (κ1) is 16.1. The van der Waals surface area contributed by atoms with Crippen molar-refractivity contribution in [1.82, 2.24) is 8.96 Å². The van der Waals surface area contributed by atoms with E-state index in [1.54, 1.807) is 0 Å². The molecule has 5 nitrogen and oxygen atoms in total. The first-order valence-corrected chi connectivity index (χ1v) is 8.31. The highest BCUT2D eigenvalue weighted by Gasteiger charge is 2.27. The van der Waals surface area contributed by atoms with Crippen molar-refractivity contribution in [3.63, 3.8) is 0 Å². The Kier molecular flexibility index (Phi) is 4.51. The van der Waals surface area contributed by atoms with E-state index in [-0.39, 0.29) is 26.6 Å². The molecule has 0 fully saturated rings. The minimum Gasteiger partial charge on any atom is -0.494 e. The summed E-state index contributed by atoms with van der Waals surface area (Å²) < 4.78 is 31.8. The van der Waals surface area contributed by atoms with Crippen LogP contribution in [0.1, 0.15) is 25.6 Å². The maximum Gasteiger partial charge on any atom is 0.272 e. The van der Waals surface area contributed by atoms with Crippen molar-refractivity contribution in [3.05, 3.63) is 40.4 Å². The summed E-state index contributed by atoms with van der Waals surface area (Å²) in [6, 6.07) is 2.79. The fourth-order valence-electron chi connectivity index (χ4n) is 1.92. The lowest BCUT2D eigenvalue weighted by Gasteiger charge is -2.15. The number of benzene rings is 1. The van der Waals surface area contributed by atoms with Crippen LogP contribution in [0.3, 0.4) is 0 Å². The maximum absolute atomic E-state index is 12.8. The lowest BCUT2D eigenvalue weighted by atomic mass is 10.2. The monoisotopic (exact) mass is 348 g/mol. The summed E-state index contributed by atoms with van der Waals surface area (Å²) >= 11 is 11.9. The average molecular weight is 349 g/mol. The minimum absolute atomic E-state index is 0.0209. The van der Waals surface area contributed by atoms with E-state index >= 15 is 0 Å². The highest BCUT2D eigenvalue weighted by molar-refractivity contribution is 7.90. The Morgan fingerprint density at radius 2 is 1.95 bits per heavy atom. The molecule has 1 aromatic heterocycles. The van der Waals surface area contributed by atoms with E-state index in [1.807, 2.05) is 13.8 Å². The molecule has 0 unspecified atom stereocenters. The third-order valence-electron chi connectivity index (χ3n) is 2.91. The van der Waals surface area contributed by atoms with Crippen LogP contribution in [0.2, 0.25) is 10.0 Å². The molecule has 0 N–H and O–H groups in total. The fourth-order valence-corrected chi connectivity index (χ4v) is 3.96. The van der Waals surface area contributed by atoms with E-state index in [0.717, 1.165) is 3.97 Å². The Hall–Kier alpha value is -1.24. The molecule has 0 spiro atoms. The molecule has 0 radical (unpaired) electrons. The van der Waals surface area contributed by atoms with Gasteiger partial charge < -0.3 is 4.74 Å². The number of aromatic nitrogens is 2. The van der Waals surface area contributed by atoms with E-state index in [2.05, 4.69) is 4.98 Å². The van der Waals surface area contributed by atoms with Gasteiger partial charge >= 0.3 is 0 Å². The van der Waals surface area contributed by atoms with Crippen LogP contribution in [-0.4, -0.2) is 24.5 Å². The first-order valence-electron chi connectivity index (χ1n) is 6.11. The molecule has 0 bridgehead atoms. The van der Waals surface area contributed by atoms with E-state index in [9.17, 15) is 8.42 Å². The topological polar surface area (TPSA) is 61.2 Å². The first-order chi connectivity index (χ1) is 9.80. The van der Waals surface area contributed by atoms with Gasteiger partial charge in [-0.1, -0.05) is 37.0 Å². The van der Waals surface area contributed by atoms with Gasteiger partial charge in [-0.2, -0.15) is 0 Å². The summed E-state index contributed by atoms with van der Waals surface area (Å²) in [5, 5.41) is 0.286. The van der Waals surface area contributed by atoms with Gasteiger partial charge in [-0.3, -0.25) is 0 Å². The Labute approximate surface area is 133 Å². The van der Waals surface area contributed by atoms with Crippen LogP contribution in [0, 0.1) is 0 Å². The van der Waals surface area contributed by atoms with Crippen LogP contribution in [0.15, 0.2) is 29.4 Å². The smallest absolute Gasteiger partial charge is 0.272 e. The lowest BCUT2D eigenvalue weighted by Crippen LogP contribution is -2.17. The molecule has 0 aliphatic carbocycles. The van der Waals surface area contributed by atoms with Crippen LogP contribution < -0.4 is 4.74 Å². The second kappa shape index (κ2) is 5.87. The van der Waals surface area contributed by atoms with Crippen molar-refractivity contribution in [2.24, 2.45) is 0 Å². The lowest BCUT2D eigenvalue weighted by molar-refractivity contribution is 0.402. The molecule has 0 amide bonds. The van der Waals surface area contributed by atoms with Gasteiger partial charge in [0, 0.05) is 18.3 Å². The van der Waals surface area contributed by atoms with Crippen LogP contribution in [0.4, 0.5) is 0 Å². The largest absolute Gasteiger partial charge is 0.494 e. The number of rotatable bonds is 4. The van der Waals surface area contributed by atoms with Gasteiger partial charge in [-0.15, -0.1) is 0 Å². The number of ether oxygens (including phenoxy) is 1. The highest BCUT2D eigenvalue weighted by Crippen LogP contribution is 2.38. The Bertz CT molecular complexity index is 770. The van der Waals surface area contributed by atoms with Gasteiger partial charge in [-0.05, 0) is 12.1 Å². The third kappa shape index (κ3) is 2.75. The van der Waals surface area contributed by atoms with Crippen molar-refractivity contribution >= 4 is 33.2 Å². The number of halogens is 2. The summed E-state index contributed by atoms with van der Waals surface area (Å²) in [6.07, 6.45) is 2.84. The molecule has 0 aliphatic rings. The molecule has 0 saturated carbocycles. The Morgan fingerprint density at radius 1 is 1.29 bits per heavy atom. The summed E-state index contributed by atoms with van der Waals surface area (Å²) in [4.78, 5) is 4.03. The number of methoxy groups -OCH3 is 1. The van der Waals surface area contributed by atoms with Gasteiger partial charge in [0.1, 0.15) is 15.7 Å². The molecule has 21 heavy (non-hydrogen) atoms. The van der Waals surface area contributed by atoms with Gasteiger partial charge in [0.15, 0.2) is 5.75 Å². The molecule has 8 heteroatoms. The highest BCUT2D eigenvalue weighted by atomic mass is 35.5. The number of hydrogen-bond donors (Lipinski definition) is 0. The minimum atomic E-state index is -3.87. The average Bonchev–Trinajstić information content (AvgIpc) is 2.91. The summed E-state index contributed by atoms with van der Waals surface area (Å²) in [6.45, 7) is 3.72. The zero-order valence-corrected chi connectivity index (χ0v) is 14.0. The van der Waals surface area contributed by atoms with Gasteiger partial charge in [0.05, 0.1) is 12.1 Å². The second-order valence-corrected chi connectivity index (χ2v) is 7.20. The van der Waals surface area contributed by atoms with Crippen molar-refractivity contribution < 1.29 is 13.2 Å². The van der Waals surface area contributed by atoms with Crippen LogP contribution in [-0.2, 0) is 10.0 Å². The normalized spacial score (nSPS) is 11.9. The molecule has 1 heterocycles. The standard InChI is InChI=1S/C13H14Cl2N2O3S/c1-8(2)13-16-6-7-17(13)21(18,19)10-5-4-9(14)11(15)12(10)20-3/h4-8H,1-3H3. The number of imidazole rings is 1. The van der Waals surface area contributed by atoms with Gasteiger partial charge in [-0.25, -0.2) is 17.4 Å². The molecular weight excluding hydrogens is 335 g/mol. The molecule has 1 aromatic carbocycles. The molecular formula is C13H14Cl2N2O3S. The third-order valence-corrected chi connectivity index (χ3v) is 5.40. The van der Waals surface area contributed by atoms with Crippen LogP contribution in [0.25, 0.3) is 0 Å². The van der Waals surface area contributed by atoms with E-state index in [1.165, 1.54) is 31.6 Å². The molecule has 0 saturated heterocycles. The van der Waals surface area contributed by atoms with Crippen LogP contribution >= 0.6 is 23.2 Å². The zero-order valence-electron chi connectivity index (χ0n) is 11.7. The summed E-state index contributed by atoms with van der Waals surface area (Å²) in [5.74, 6) is 0.402. The molecule has 0 aliphatic heterocycles.